The first-order valence-electron chi connectivity index (χ1n) is 8.76. The van der Waals surface area contributed by atoms with Gasteiger partial charge in [-0.3, -0.25) is 9.79 Å². The fourth-order valence-corrected chi connectivity index (χ4v) is 2.67. The number of allylic oxidation sites excluding steroid dienone is 3. The number of hydrogen-bond acceptors (Lipinski definition) is 8. The average Bonchev–Trinajstić information content (AvgIpc) is 2.97. The highest BCUT2D eigenvalue weighted by atomic mass is 35.5. The van der Waals surface area contributed by atoms with Crippen LogP contribution in [0.3, 0.4) is 0 Å². The van der Waals surface area contributed by atoms with E-state index in [0.29, 0.717) is 48.9 Å². The van der Waals surface area contributed by atoms with Crippen molar-refractivity contribution in [2.75, 3.05) is 6.61 Å². The summed E-state index contributed by atoms with van der Waals surface area (Å²) in [5.74, 6) is 1.43. The van der Waals surface area contributed by atoms with Crippen molar-refractivity contribution in [2.24, 2.45) is 4.99 Å². The minimum Gasteiger partial charge on any atom is -0.466 e. The Kier molecular flexibility index (Phi) is 6.54. The summed E-state index contributed by atoms with van der Waals surface area (Å²) in [4.78, 5) is 24.1. The zero-order valence-electron chi connectivity index (χ0n) is 15.5. The maximum atomic E-state index is 11.5. The van der Waals surface area contributed by atoms with Crippen LogP contribution < -0.4 is 4.74 Å². The van der Waals surface area contributed by atoms with Crippen molar-refractivity contribution in [2.45, 2.75) is 33.1 Å². The van der Waals surface area contributed by atoms with E-state index in [1.54, 1.807) is 38.4 Å². The Morgan fingerprint density at radius 1 is 1.32 bits per heavy atom. The minimum atomic E-state index is -0.219. The molecular formula is C19H19ClN4O4. The maximum Gasteiger partial charge on any atom is 0.306 e. The molecule has 0 aromatic carbocycles. The lowest BCUT2D eigenvalue weighted by Crippen LogP contribution is -2.03. The van der Waals surface area contributed by atoms with Gasteiger partial charge in [0.2, 0.25) is 5.88 Å². The summed E-state index contributed by atoms with van der Waals surface area (Å²) in [6.45, 7) is 3.90. The summed E-state index contributed by atoms with van der Waals surface area (Å²) in [6.07, 6.45) is 6.68. The van der Waals surface area contributed by atoms with Crippen molar-refractivity contribution >= 4 is 23.8 Å². The van der Waals surface area contributed by atoms with Gasteiger partial charge >= 0.3 is 5.97 Å². The molecule has 0 bridgehead atoms. The quantitative estimate of drug-likeness (QED) is 0.508. The zero-order valence-corrected chi connectivity index (χ0v) is 16.3. The standard InChI is InChI=1S/C19H19ClN4O4/c1-3-26-18(25)7-5-13-4-6-15(11-21-10-13)27-17-9-14(8-16(20)23-17)19-22-12(2)24-28-19/h6,8-11H,3-5,7H2,1-2H3. The molecule has 0 unspecified atom stereocenters. The van der Waals surface area contributed by atoms with Gasteiger partial charge in [-0.2, -0.15) is 4.98 Å². The van der Waals surface area contributed by atoms with E-state index in [2.05, 4.69) is 20.1 Å². The number of pyridine rings is 1. The minimum absolute atomic E-state index is 0.219. The van der Waals surface area contributed by atoms with Crippen LogP contribution in [0.4, 0.5) is 0 Å². The molecule has 0 saturated carbocycles. The molecule has 0 N–H and O–H groups in total. The third kappa shape index (κ3) is 5.50. The van der Waals surface area contributed by atoms with E-state index in [1.807, 2.05) is 6.08 Å². The van der Waals surface area contributed by atoms with Crippen LogP contribution in [0.5, 0.6) is 5.88 Å². The number of halogens is 1. The Labute approximate surface area is 166 Å². The van der Waals surface area contributed by atoms with Crippen LogP contribution in [0.2, 0.25) is 5.15 Å². The summed E-state index contributed by atoms with van der Waals surface area (Å²) in [5.41, 5.74) is 1.61. The number of ether oxygens (including phenoxy) is 2. The highest BCUT2D eigenvalue weighted by Gasteiger charge is 2.12. The summed E-state index contributed by atoms with van der Waals surface area (Å²) in [5, 5.41) is 4.01. The smallest absolute Gasteiger partial charge is 0.306 e. The average molecular weight is 403 g/mol. The van der Waals surface area contributed by atoms with Crippen molar-refractivity contribution in [3.05, 3.63) is 46.7 Å². The lowest BCUT2D eigenvalue weighted by atomic mass is 10.1. The van der Waals surface area contributed by atoms with Crippen molar-refractivity contribution in [3.8, 4) is 17.3 Å². The van der Waals surface area contributed by atoms with Gasteiger partial charge in [-0.05, 0) is 44.4 Å². The van der Waals surface area contributed by atoms with E-state index in [-0.39, 0.29) is 17.0 Å². The van der Waals surface area contributed by atoms with Gasteiger partial charge in [0, 0.05) is 24.3 Å². The topological polar surface area (TPSA) is 99.7 Å². The first-order chi connectivity index (χ1) is 13.5. The van der Waals surface area contributed by atoms with E-state index in [0.717, 1.165) is 5.57 Å². The van der Waals surface area contributed by atoms with E-state index >= 15 is 0 Å². The molecule has 0 radical (unpaired) electrons. The van der Waals surface area contributed by atoms with Crippen molar-refractivity contribution in [1.29, 1.82) is 0 Å². The van der Waals surface area contributed by atoms with Gasteiger partial charge in [0.1, 0.15) is 10.9 Å². The van der Waals surface area contributed by atoms with Crippen LogP contribution in [0.1, 0.15) is 32.0 Å². The molecule has 8 nitrogen and oxygen atoms in total. The molecule has 0 saturated heterocycles. The Morgan fingerprint density at radius 3 is 2.93 bits per heavy atom. The summed E-state index contributed by atoms with van der Waals surface area (Å²) >= 11 is 6.09. The van der Waals surface area contributed by atoms with Gasteiger partial charge in [0.15, 0.2) is 5.82 Å². The third-order valence-corrected chi connectivity index (χ3v) is 3.94. The molecule has 0 spiro atoms. The van der Waals surface area contributed by atoms with Gasteiger partial charge < -0.3 is 14.0 Å². The number of aryl methyl sites for hydroxylation is 1. The summed E-state index contributed by atoms with van der Waals surface area (Å²) < 4.78 is 15.9. The molecule has 3 heterocycles. The monoisotopic (exact) mass is 402 g/mol. The number of aliphatic imine (C=N–C) groups is 1. The third-order valence-electron chi connectivity index (χ3n) is 3.75. The van der Waals surface area contributed by atoms with Gasteiger partial charge in [0.25, 0.3) is 5.89 Å². The Bertz CT molecular complexity index is 949. The second kappa shape index (κ2) is 9.27. The van der Waals surface area contributed by atoms with Gasteiger partial charge in [-0.15, -0.1) is 0 Å². The molecular weight excluding hydrogens is 384 g/mol. The normalized spacial score (nSPS) is 13.5. The van der Waals surface area contributed by atoms with E-state index in [1.165, 1.54) is 0 Å². The first kappa shape index (κ1) is 19.8. The SMILES string of the molecule is CCOC(=O)CCC1=CN=CC(Oc2cc(-c3nc(C)no3)cc(Cl)n2)=CC1. The van der Waals surface area contributed by atoms with Crippen molar-refractivity contribution in [3.63, 3.8) is 0 Å². The number of esters is 1. The number of carbonyl (C=O) groups excluding carboxylic acids is 1. The van der Waals surface area contributed by atoms with Crippen molar-refractivity contribution < 1.29 is 18.8 Å². The van der Waals surface area contributed by atoms with Gasteiger partial charge in [-0.25, -0.2) is 4.98 Å². The molecule has 2 aromatic heterocycles. The Morgan fingerprint density at radius 2 is 2.18 bits per heavy atom. The fourth-order valence-electron chi connectivity index (χ4n) is 2.47. The predicted octanol–water partition coefficient (Wildman–Crippen LogP) is 4.06. The largest absolute Gasteiger partial charge is 0.466 e. The van der Waals surface area contributed by atoms with Crippen LogP contribution >= 0.6 is 11.6 Å². The number of rotatable bonds is 7. The molecule has 0 amide bonds. The molecule has 0 fully saturated rings. The Balaban J connectivity index is 1.66. The van der Waals surface area contributed by atoms with Gasteiger partial charge in [-0.1, -0.05) is 16.8 Å². The molecule has 3 rings (SSSR count). The van der Waals surface area contributed by atoms with Crippen molar-refractivity contribution in [1.82, 2.24) is 15.1 Å². The molecule has 0 atom stereocenters. The van der Waals surface area contributed by atoms with Crippen LogP contribution in [0.25, 0.3) is 11.5 Å². The van der Waals surface area contributed by atoms with Crippen LogP contribution in [0, 0.1) is 6.92 Å². The van der Waals surface area contributed by atoms with Crippen LogP contribution in [0.15, 0.2) is 45.3 Å². The van der Waals surface area contributed by atoms with E-state index in [9.17, 15) is 4.79 Å². The maximum absolute atomic E-state index is 11.5. The molecule has 1 aliphatic rings. The molecule has 1 aliphatic heterocycles. The summed E-state index contributed by atoms with van der Waals surface area (Å²) in [6, 6.07) is 3.28. The summed E-state index contributed by atoms with van der Waals surface area (Å²) in [7, 11) is 0. The molecule has 0 aliphatic carbocycles. The second-order valence-corrected chi connectivity index (χ2v) is 6.33. The molecule has 9 heteroatoms. The zero-order chi connectivity index (χ0) is 19.9. The lowest BCUT2D eigenvalue weighted by molar-refractivity contribution is -0.143. The number of carbonyl (C=O) groups is 1. The fraction of sp³-hybridized carbons (Fsp3) is 0.316. The highest BCUT2D eigenvalue weighted by molar-refractivity contribution is 6.29. The number of hydrogen-bond donors (Lipinski definition) is 0. The van der Waals surface area contributed by atoms with E-state index < -0.39 is 0 Å². The first-order valence-corrected chi connectivity index (χ1v) is 9.14. The lowest BCUT2D eigenvalue weighted by Gasteiger charge is -2.06. The second-order valence-electron chi connectivity index (χ2n) is 5.95. The molecule has 2 aromatic rings. The molecule has 146 valence electrons. The van der Waals surface area contributed by atoms with E-state index in [4.69, 9.17) is 25.6 Å². The predicted molar refractivity (Wildman–Crippen MR) is 103 cm³/mol. The molecule has 28 heavy (non-hydrogen) atoms. The Hall–Kier alpha value is -3.00. The van der Waals surface area contributed by atoms with Gasteiger partial charge in [0.05, 0.1) is 12.8 Å². The highest BCUT2D eigenvalue weighted by Crippen LogP contribution is 2.26. The number of aromatic nitrogens is 3. The van der Waals surface area contributed by atoms with Crippen LogP contribution in [-0.2, 0) is 9.53 Å². The number of nitrogens with zero attached hydrogens (tertiary/aromatic N) is 4. The van der Waals surface area contributed by atoms with Crippen LogP contribution in [-0.4, -0.2) is 33.9 Å².